The molecule has 1 unspecified atom stereocenters. The van der Waals surface area contributed by atoms with Gasteiger partial charge in [-0.3, -0.25) is 77.7 Å². The molecule has 5 aliphatic heterocycles. The van der Waals surface area contributed by atoms with Crippen LogP contribution < -0.4 is 74.7 Å². The monoisotopic (exact) mass is 1880 g/mol. The number of carbonyl (C=O) groups is 14. The fourth-order valence-electron chi connectivity index (χ4n) is 19.2. The Kier molecular flexibility index (Phi) is 32.0. The highest BCUT2D eigenvalue weighted by molar-refractivity contribution is 8.76. The third-order valence-corrected chi connectivity index (χ3v) is 27.7. The first-order chi connectivity index (χ1) is 62.7. The molecule has 23 N–H and O–H groups in total. The van der Waals surface area contributed by atoms with Gasteiger partial charge in [0.1, 0.15) is 48.0 Å². The SMILES string of the molecule is CC(=O)[C@H](CC(=O)O)NC(=O)[C@H](CC(=O)O)NC(=O)CC[C@H](NC(=O)c1ccc(NCc2cnc3nc(N)[nH]c(=O)c3n2)cc1)C(=O)O.CC[C@]1(O)C[C@H]2CN(CCc3c([nH]c4ccccc34)[C@@](C(=O)OC)(c3cc4c(cc3OC)N(C)[C@H]3[C@@](O)(C(=O)NNC(=O)OCCSSC[C@H](NC(=O)[C@H](CN)NC(=O)[C@H](CC(=O)O)NC)C(=O)O)[C@H](O)[C@]5(CC)C=CCN6CC[C@]43[C@@H]65)C2)C1. The number of hydrazine groups is 1. The summed E-state index contributed by atoms with van der Waals surface area (Å²) in [5, 5.41) is 103. The summed E-state index contributed by atoms with van der Waals surface area (Å²) in [7, 11) is 8.18. The van der Waals surface area contributed by atoms with Gasteiger partial charge in [-0.15, -0.1) is 0 Å². The van der Waals surface area contributed by atoms with Gasteiger partial charge in [-0.05, 0) is 119 Å². The molecule has 132 heavy (non-hydrogen) atoms. The third-order valence-electron chi connectivity index (χ3n) is 25.3. The van der Waals surface area contributed by atoms with Gasteiger partial charge in [-0.25, -0.2) is 29.8 Å². The van der Waals surface area contributed by atoms with Crippen molar-refractivity contribution in [3.8, 4) is 5.75 Å². The Morgan fingerprint density at radius 3 is 2.06 bits per heavy atom. The highest BCUT2D eigenvalue weighted by Crippen LogP contribution is 2.68. The number of Topliss-reactive ketones (excluding diaryl/α,β-unsaturated/α-hetero) is 1. The molecule has 45 nitrogen and oxygen atoms in total. The number of carboxylic acid groups (broad SMARTS) is 5. The van der Waals surface area contributed by atoms with Crippen LogP contribution in [-0.2, 0) is 90.8 Å². The molecule has 1 spiro atoms. The number of carboxylic acids is 5. The van der Waals surface area contributed by atoms with Crippen LogP contribution in [0.1, 0.15) is 123 Å². The average molecular weight is 1880 g/mol. The topological polar surface area (TPSA) is 686 Å². The van der Waals surface area contributed by atoms with Crippen molar-refractivity contribution in [3.05, 3.63) is 123 Å². The van der Waals surface area contributed by atoms with Crippen molar-refractivity contribution in [2.45, 2.75) is 174 Å². The fourth-order valence-corrected chi connectivity index (χ4v) is 21.2. The van der Waals surface area contributed by atoms with E-state index in [9.17, 15) is 87.9 Å². The molecule has 7 amide bonds. The maximum Gasteiger partial charge on any atom is 0.426 e. The Balaban J connectivity index is 0.000000297. The second-order valence-corrected chi connectivity index (χ2v) is 36.0. The van der Waals surface area contributed by atoms with Crippen molar-refractivity contribution >= 4 is 144 Å². The van der Waals surface area contributed by atoms with Crippen molar-refractivity contribution in [2.75, 3.05) is 102 Å². The van der Waals surface area contributed by atoms with E-state index in [-0.39, 0.29) is 59.7 Å². The van der Waals surface area contributed by atoms with Gasteiger partial charge in [0.2, 0.25) is 29.6 Å². The highest BCUT2D eigenvalue weighted by atomic mass is 33.1. The molecule has 12 rings (SSSR count). The number of amides is 7. The van der Waals surface area contributed by atoms with Gasteiger partial charge in [-0.1, -0.05) is 65.8 Å². The summed E-state index contributed by atoms with van der Waals surface area (Å²) in [4.78, 5) is 213. The lowest BCUT2D eigenvalue weighted by molar-refractivity contribution is -0.204. The Hall–Kier alpha value is -12.6. The lowest BCUT2D eigenvalue weighted by Crippen LogP contribution is -2.82. The van der Waals surface area contributed by atoms with Crippen LogP contribution in [0.5, 0.6) is 5.75 Å². The molecule has 1 saturated carbocycles. The summed E-state index contributed by atoms with van der Waals surface area (Å²) in [5.74, 6) is -13.9. The number of ketones is 1. The predicted octanol–water partition coefficient (Wildman–Crippen LogP) is -1.16. The first-order valence-electron chi connectivity index (χ1n) is 42.4. The Morgan fingerprint density at radius 2 is 1.41 bits per heavy atom. The van der Waals surface area contributed by atoms with Gasteiger partial charge >= 0.3 is 41.9 Å². The number of ether oxygens (including phenoxy) is 3. The molecule has 0 radical (unpaired) electrons. The van der Waals surface area contributed by atoms with E-state index in [0.29, 0.717) is 98.9 Å². The van der Waals surface area contributed by atoms with Crippen molar-refractivity contribution in [2.24, 2.45) is 17.1 Å². The molecule has 6 aliphatic rings. The number of hydrogen-bond donors (Lipinski definition) is 21. The number of likely N-dealkylation sites (N-methyl/N-ethyl adjacent to an activating group) is 2. The van der Waals surface area contributed by atoms with Crippen LogP contribution in [0.15, 0.2) is 83.8 Å². The minimum Gasteiger partial charge on any atom is -0.496 e. The molecular formula is C85H109N19O26S2. The number of aromatic nitrogens is 5. The summed E-state index contributed by atoms with van der Waals surface area (Å²) in [6, 6.07) is 7.35. The van der Waals surface area contributed by atoms with Crippen LogP contribution in [0.3, 0.4) is 0 Å². The third kappa shape index (κ3) is 21.1. The standard InChI is InChI=1S/C57H78N10O15S2.C28H31N9O11/c1-7-53(78)25-31-26-56(51(76)81-6,43-33(14-18-66(28-31)30-53)32-12-9-10-13-36(32)60-43)35-22-34-40(24-41(35)80-5)65(4)48-55(34)16-19-67-17-11-15-54(8-2,47(55)67)49(74)57(48,79)50(75)63-64-52(77)82-20-21-83-84-29-39(46(72)73)62-45(71)38(27-58)61-44(70)37(59-3)23-42(68)69;1-12(38)17(8-20(40)41)35-25(45)18(9-21(42)43)33-19(39)7-6-16(27(47)48)34-24(44)13-2-4-14(5-3-13)30-10-15-11-31-23-22(32-15)26(46)37-28(29)36-23/h9-13,15,22,24,31,37-39,47-49,59-60,74,78-79H,7-8,14,16-21,23,25-30,58H2,1-6H3,(H,61,70)(H,62,71)(H,63,75)(H,64,77)(H,68,69)(H,72,73);2-5,11,16-18,30H,6-10H2,1H3,(H,33,39)(H,34,44)(H,35,45)(H,40,41)(H,42,43)(H,47,48)(H3,29,31,36,37,46)/t31-,37+,38+,39+,47+,48-,49-,53+,54-,55-,56+,57+;16-,17-,18-/m10/s1. The number of hydrogen-bond acceptors (Lipinski definition) is 33. The van der Waals surface area contributed by atoms with E-state index in [0.717, 1.165) is 50.5 Å². The maximum absolute atomic E-state index is 15.5. The number of piperidine rings is 1. The van der Waals surface area contributed by atoms with Crippen LogP contribution in [0.4, 0.5) is 22.1 Å². The minimum absolute atomic E-state index is 0.00217. The maximum atomic E-state index is 15.5. The highest BCUT2D eigenvalue weighted by Gasteiger charge is 2.79. The molecule has 6 aromatic rings. The van der Waals surface area contributed by atoms with E-state index in [1.165, 1.54) is 51.7 Å². The van der Waals surface area contributed by atoms with E-state index in [4.69, 9.17) is 41.0 Å². The lowest BCUT2D eigenvalue weighted by atomic mass is 9.47. The minimum atomic E-state index is -2.63. The molecule has 8 heterocycles. The lowest BCUT2D eigenvalue weighted by Gasteiger charge is -2.63. The molecular weight excluding hydrogens is 1770 g/mol. The van der Waals surface area contributed by atoms with Crippen molar-refractivity contribution < 1.29 is 122 Å². The number of esters is 1. The number of aliphatic hydroxyl groups is 3. The van der Waals surface area contributed by atoms with Crippen LogP contribution in [0.25, 0.3) is 22.1 Å². The number of nitrogens with two attached hydrogens (primary N) is 2. The van der Waals surface area contributed by atoms with Crippen LogP contribution in [0.2, 0.25) is 0 Å². The Morgan fingerprint density at radius 1 is 0.742 bits per heavy atom. The predicted molar refractivity (Wildman–Crippen MR) is 475 cm³/mol. The normalized spacial score (nSPS) is 23.9. The van der Waals surface area contributed by atoms with Crippen molar-refractivity contribution in [1.82, 2.24) is 77.5 Å². The molecule has 3 aromatic heterocycles. The fraction of sp³-hybridized carbons (Fsp3) is 0.506. The second kappa shape index (κ2) is 42.3. The molecule has 2 bridgehead atoms. The average Bonchev–Trinajstić information content (AvgIpc) is 1.52. The Labute approximate surface area is 762 Å². The number of rotatable bonds is 38. The van der Waals surface area contributed by atoms with Gasteiger partial charge in [0.05, 0.1) is 75.6 Å². The largest absolute Gasteiger partial charge is 0.496 e. The number of carbonyl (C=O) groups excluding carboxylic acids is 9. The second-order valence-electron chi connectivity index (χ2n) is 33.4. The van der Waals surface area contributed by atoms with Gasteiger partial charge in [0.15, 0.2) is 22.5 Å². The number of H-pyrrole nitrogens is 2. The summed E-state index contributed by atoms with van der Waals surface area (Å²) in [6.07, 6.45) is 1.66. The summed E-state index contributed by atoms with van der Waals surface area (Å²) in [5.41, 5.74) is 13.2. The van der Waals surface area contributed by atoms with E-state index >= 15 is 9.59 Å². The van der Waals surface area contributed by atoms with E-state index in [2.05, 4.69) is 82.8 Å². The quantitative estimate of drug-likeness (QED) is 0.00715. The summed E-state index contributed by atoms with van der Waals surface area (Å²) < 4.78 is 17.7. The first-order valence-corrected chi connectivity index (χ1v) is 44.9. The van der Waals surface area contributed by atoms with Gasteiger partial charge in [0.25, 0.3) is 17.4 Å². The van der Waals surface area contributed by atoms with E-state index in [1.807, 2.05) is 62.4 Å². The number of aliphatic hydroxyl groups excluding tert-OH is 1. The zero-order chi connectivity index (χ0) is 96.2. The number of fused-ring (bicyclic) bond motifs is 7. The molecule has 1 aliphatic carbocycles. The number of benzene rings is 3. The van der Waals surface area contributed by atoms with Crippen LogP contribution in [-0.4, -0.2) is 310 Å². The molecule has 47 heteroatoms. The number of nitrogen functional groups attached to an aromatic ring is 1. The van der Waals surface area contributed by atoms with Gasteiger partial charge in [0, 0.05) is 120 Å². The zero-order valence-corrected chi connectivity index (χ0v) is 74.8. The number of aliphatic carboxylic acids is 5. The molecule has 712 valence electrons. The van der Waals surface area contributed by atoms with E-state index < -0.39 is 209 Å². The number of anilines is 3. The number of nitrogens with one attached hydrogen (secondary N) is 11. The number of para-hydroxylation sites is 1. The van der Waals surface area contributed by atoms with Gasteiger partial charge < -0.3 is 114 Å². The summed E-state index contributed by atoms with van der Waals surface area (Å²) >= 11 is 0. The molecule has 2 saturated heterocycles. The first kappa shape index (κ1) is 99.9. The zero-order valence-electron chi connectivity index (χ0n) is 73.2. The smallest absolute Gasteiger partial charge is 0.426 e. The van der Waals surface area contributed by atoms with E-state index in [1.54, 1.807) is 11.9 Å². The van der Waals surface area contributed by atoms with Crippen molar-refractivity contribution in [1.29, 1.82) is 0 Å². The number of methoxy groups -OCH3 is 2. The molecule has 16 atom stereocenters. The van der Waals surface area contributed by atoms with Gasteiger partial charge in [-0.2, -0.15) is 4.98 Å². The number of aromatic amines is 2. The number of nitrogens with zero attached hydrogens (tertiary/aromatic N) is 6. The summed E-state index contributed by atoms with van der Waals surface area (Å²) in [6.45, 7) is 7.26. The molecule has 3 fully saturated rings. The Bertz CT molecular complexity index is 5510. The van der Waals surface area contributed by atoms with Crippen molar-refractivity contribution in [3.63, 3.8) is 0 Å². The van der Waals surface area contributed by atoms with Crippen LogP contribution >= 0.6 is 21.6 Å². The molecule has 3 aromatic carbocycles. The van der Waals surface area contributed by atoms with Crippen LogP contribution in [0, 0.1) is 11.3 Å².